The van der Waals surface area contributed by atoms with Gasteiger partial charge in [0.1, 0.15) is 0 Å². The van der Waals surface area contributed by atoms with Crippen LogP contribution in [-0.4, -0.2) is 15.0 Å². The van der Waals surface area contributed by atoms with Crippen molar-refractivity contribution in [1.82, 2.24) is 4.72 Å². The Hall–Kier alpha value is -1.07. The van der Waals surface area contributed by atoms with Gasteiger partial charge in [0.05, 0.1) is 4.90 Å². The lowest BCUT2D eigenvalue weighted by Crippen LogP contribution is -2.27. The molecule has 1 aliphatic carbocycles. The molecule has 0 aromatic heterocycles. The van der Waals surface area contributed by atoms with Crippen LogP contribution in [0.3, 0.4) is 0 Å². The van der Waals surface area contributed by atoms with Gasteiger partial charge in [-0.15, -0.1) is 0 Å². The highest BCUT2D eigenvalue weighted by Gasteiger charge is 2.64. The molecule has 0 radical (unpaired) electrons. The van der Waals surface area contributed by atoms with Crippen LogP contribution in [0.2, 0.25) is 0 Å². The molecule has 0 saturated heterocycles. The van der Waals surface area contributed by atoms with Crippen molar-refractivity contribution in [3.63, 3.8) is 0 Å². The van der Waals surface area contributed by atoms with Gasteiger partial charge in [-0.1, -0.05) is 40.7 Å². The third-order valence-electron chi connectivity index (χ3n) is 5.61. The number of benzene rings is 1. The Bertz CT molecular complexity index is 634. The Labute approximate surface area is 128 Å². The molecule has 1 aromatic rings. The summed E-state index contributed by atoms with van der Waals surface area (Å²) in [5, 5.41) is 0. The van der Waals surface area contributed by atoms with Gasteiger partial charge >= 0.3 is 0 Å². The van der Waals surface area contributed by atoms with Gasteiger partial charge in [-0.25, -0.2) is 13.1 Å². The molecule has 5 heteroatoms. The number of aryl methyl sites for hydroxylation is 1. The van der Waals surface area contributed by atoms with Crippen LogP contribution < -0.4 is 10.5 Å². The molecule has 118 valence electrons. The van der Waals surface area contributed by atoms with E-state index in [4.69, 9.17) is 5.73 Å². The lowest BCUT2D eigenvalue weighted by Gasteiger charge is -2.10. The summed E-state index contributed by atoms with van der Waals surface area (Å²) in [5.74, 6) is 0.354. The third-order valence-corrected chi connectivity index (χ3v) is 7.03. The second-order valence-electron chi connectivity index (χ2n) is 7.06. The summed E-state index contributed by atoms with van der Waals surface area (Å²) in [7, 11) is -3.49. The highest BCUT2D eigenvalue weighted by Crippen LogP contribution is 2.67. The number of anilines is 1. The fraction of sp³-hybridized carbons (Fsp3) is 0.625. The normalized spacial score (nSPS) is 20.4. The van der Waals surface area contributed by atoms with Crippen LogP contribution >= 0.6 is 0 Å². The summed E-state index contributed by atoms with van der Waals surface area (Å²) < 4.78 is 27.5. The Kier molecular flexibility index (Phi) is 3.87. The Balaban J connectivity index is 2.12. The van der Waals surface area contributed by atoms with E-state index in [1.807, 2.05) is 6.92 Å². The number of hydrogen-bond acceptors (Lipinski definition) is 3. The van der Waals surface area contributed by atoms with Crippen LogP contribution in [0.25, 0.3) is 0 Å². The first-order chi connectivity index (χ1) is 9.54. The SMILES string of the molecule is CCc1ccc(S(=O)(=O)NCC2C(C)(C)C2(C)C)cc1N. The van der Waals surface area contributed by atoms with Crippen molar-refractivity contribution in [3.8, 4) is 0 Å². The zero-order valence-electron chi connectivity index (χ0n) is 13.5. The molecule has 1 saturated carbocycles. The standard InChI is InChI=1S/C16H26N2O2S/c1-6-11-7-8-12(9-13(11)17)21(19,20)18-10-14-15(2,3)16(14,4)5/h7-9,14,18H,6,10,17H2,1-5H3. The highest BCUT2D eigenvalue weighted by atomic mass is 32.2. The van der Waals surface area contributed by atoms with Crippen LogP contribution in [0.5, 0.6) is 0 Å². The number of nitrogens with one attached hydrogen (secondary N) is 1. The van der Waals surface area contributed by atoms with Crippen molar-refractivity contribution in [2.75, 3.05) is 12.3 Å². The van der Waals surface area contributed by atoms with Crippen molar-refractivity contribution in [2.24, 2.45) is 16.7 Å². The van der Waals surface area contributed by atoms with E-state index in [0.29, 0.717) is 18.2 Å². The van der Waals surface area contributed by atoms with Crippen molar-refractivity contribution < 1.29 is 8.42 Å². The predicted octanol–water partition coefficient (Wildman–Crippen LogP) is 2.79. The molecule has 0 aliphatic heterocycles. The van der Waals surface area contributed by atoms with Crippen LogP contribution in [0.4, 0.5) is 5.69 Å². The van der Waals surface area contributed by atoms with E-state index in [2.05, 4.69) is 32.4 Å². The van der Waals surface area contributed by atoms with Crippen molar-refractivity contribution in [1.29, 1.82) is 0 Å². The Morgan fingerprint density at radius 3 is 2.19 bits per heavy atom. The van der Waals surface area contributed by atoms with E-state index in [1.54, 1.807) is 18.2 Å². The third kappa shape index (κ3) is 2.69. The second-order valence-corrected chi connectivity index (χ2v) is 8.83. The van der Waals surface area contributed by atoms with Crippen LogP contribution in [0.15, 0.2) is 23.1 Å². The molecule has 0 bridgehead atoms. The van der Waals surface area contributed by atoms with E-state index in [0.717, 1.165) is 12.0 Å². The van der Waals surface area contributed by atoms with Gasteiger partial charge in [0.25, 0.3) is 0 Å². The minimum absolute atomic E-state index is 0.167. The number of sulfonamides is 1. The number of nitrogen functional groups attached to an aromatic ring is 1. The number of nitrogens with two attached hydrogens (primary N) is 1. The number of hydrogen-bond donors (Lipinski definition) is 2. The molecule has 2 rings (SSSR count). The Morgan fingerprint density at radius 1 is 1.19 bits per heavy atom. The zero-order chi connectivity index (χ0) is 16.1. The smallest absolute Gasteiger partial charge is 0.240 e. The molecule has 21 heavy (non-hydrogen) atoms. The molecule has 1 aliphatic rings. The fourth-order valence-electron chi connectivity index (χ4n) is 3.18. The van der Waals surface area contributed by atoms with E-state index < -0.39 is 10.0 Å². The topological polar surface area (TPSA) is 72.2 Å². The summed E-state index contributed by atoms with van der Waals surface area (Å²) in [5.41, 5.74) is 7.73. The monoisotopic (exact) mass is 310 g/mol. The lowest BCUT2D eigenvalue weighted by molar-refractivity contribution is 0.457. The zero-order valence-corrected chi connectivity index (χ0v) is 14.3. The van der Waals surface area contributed by atoms with E-state index in [-0.39, 0.29) is 15.7 Å². The van der Waals surface area contributed by atoms with E-state index in [9.17, 15) is 8.42 Å². The molecule has 1 fully saturated rings. The fourth-order valence-corrected chi connectivity index (χ4v) is 4.26. The summed E-state index contributed by atoms with van der Waals surface area (Å²) in [6.45, 7) is 11.2. The maximum Gasteiger partial charge on any atom is 0.240 e. The first-order valence-electron chi connectivity index (χ1n) is 7.42. The van der Waals surface area contributed by atoms with E-state index in [1.165, 1.54) is 0 Å². The highest BCUT2D eigenvalue weighted by molar-refractivity contribution is 7.89. The minimum Gasteiger partial charge on any atom is -0.398 e. The van der Waals surface area contributed by atoms with Crippen LogP contribution in [-0.2, 0) is 16.4 Å². The first-order valence-corrected chi connectivity index (χ1v) is 8.90. The molecular formula is C16H26N2O2S. The maximum absolute atomic E-state index is 12.4. The summed E-state index contributed by atoms with van der Waals surface area (Å²) >= 11 is 0. The van der Waals surface area contributed by atoms with Crippen LogP contribution in [0, 0.1) is 16.7 Å². The molecule has 4 nitrogen and oxygen atoms in total. The van der Waals surface area contributed by atoms with Crippen LogP contribution in [0.1, 0.15) is 40.2 Å². The van der Waals surface area contributed by atoms with E-state index >= 15 is 0 Å². The van der Waals surface area contributed by atoms with Gasteiger partial charge in [0.15, 0.2) is 0 Å². The van der Waals surface area contributed by atoms with Gasteiger partial charge in [0, 0.05) is 12.2 Å². The first kappa shape index (κ1) is 16.3. The average molecular weight is 310 g/mol. The molecule has 1 aromatic carbocycles. The van der Waals surface area contributed by atoms with Gasteiger partial charge in [-0.2, -0.15) is 0 Å². The predicted molar refractivity (Wildman–Crippen MR) is 86.5 cm³/mol. The molecular weight excluding hydrogens is 284 g/mol. The number of rotatable bonds is 5. The summed E-state index contributed by atoms with van der Waals surface area (Å²) in [4.78, 5) is 0.244. The van der Waals surface area contributed by atoms with Gasteiger partial charge in [-0.3, -0.25) is 0 Å². The summed E-state index contributed by atoms with van der Waals surface area (Å²) in [6, 6.07) is 4.96. The van der Waals surface area contributed by atoms with Gasteiger partial charge in [-0.05, 0) is 40.9 Å². The summed E-state index contributed by atoms with van der Waals surface area (Å²) in [6.07, 6.45) is 0.796. The average Bonchev–Trinajstić information content (AvgIpc) is 2.77. The lowest BCUT2D eigenvalue weighted by atomic mass is 10.0. The van der Waals surface area contributed by atoms with Crippen molar-refractivity contribution >= 4 is 15.7 Å². The second kappa shape index (κ2) is 4.99. The molecule has 0 amide bonds. The largest absolute Gasteiger partial charge is 0.398 e. The molecule has 3 N–H and O–H groups in total. The minimum atomic E-state index is -3.49. The molecule has 0 unspecified atom stereocenters. The quantitative estimate of drug-likeness (QED) is 0.821. The van der Waals surface area contributed by atoms with Crippen molar-refractivity contribution in [3.05, 3.63) is 23.8 Å². The van der Waals surface area contributed by atoms with Crippen molar-refractivity contribution in [2.45, 2.75) is 45.9 Å². The Morgan fingerprint density at radius 2 is 1.76 bits per heavy atom. The molecule has 0 heterocycles. The van der Waals surface area contributed by atoms with Gasteiger partial charge in [0.2, 0.25) is 10.0 Å². The molecule has 0 spiro atoms. The maximum atomic E-state index is 12.4. The van der Waals surface area contributed by atoms with Gasteiger partial charge < -0.3 is 5.73 Å². The molecule has 0 atom stereocenters.